The molecule has 0 aliphatic heterocycles. The van der Waals surface area contributed by atoms with Gasteiger partial charge in [-0.2, -0.15) is 5.10 Å². The smallest absolute Gasteiger partial charge is 0.103 e. The summed E-state index contributed by atoms with van der Waals surface area (Å²) in [6, 6.07) is 20.4. The third-order valence-electron chi connectivity index (χ3n) is 3.13. The Bertz CT molecular complexity index is 657. The molecular formula is C16H16N3+. The van der Waals surface area contributed by atoms with Gasteiger partial charge in [-0.25, -0.2) is 4.68 Å². The maximum Gasteiger partial charge on any atom is 0.103 e. The van der Waals surface area contributed by atoms with Crippen LogP contribution in [0, 0.1) is 0 Å². The average molecular weight is 250 g/mol. The molecule has 0 radical (unpaired) electrons. The molecule has 0 amide bonds. The fourth-order valence-corrected chi connectivity index (χ4v) is 2.14. The molecule has 0 bridgehead atoms. The lowest BCUT2D eigenvalue weighted by molar-refractivity contribution is -0.386. The van der Waals surface area contributed by atoms with E-state index in [1.807, 2.05) is 41.1 Å². The Morgan fingerprint density at radius 2 is 1.53 bits per heavy atom. The van der Waals surface area contributed by atoms with Crippen molar-refractivity contribution >= 4 is 0 Å². The molecule has 3 aromatic rings. The van der Waals surface area contributed by atoms with E-state index in [0.29, 0.717) is 0 Å². The van der Waals surface area contributed by atoms with E-state index in [1.54, 1.807) is 0 Å². The largest absolute Gasteiger partial charge is 0.354 e. The summed E-state index contributed by atoms with van der Waals surface area (Å²) >= 11 is 0. The molecule has 0 aliphatic rings. The van der Waals surface area contributed by atoms with Gasteiger partial charge in [0, 0.05) is 11.8 Å². The van der Waals surface area contributed by atoms with Gasteiger partial charge in [-0.3, -0.25) is 0 Å². The molecule has 3 heteroatoms. The second-order valence-corrected chi connectivity index (χ2v) is 4.40. The van der Waals surface area contributed by atoms with Crippen molar-refractivity contribution in [2.75, 3.05) is 0 Å². The Morgan fingerprint density at radius 1 is 0.895 bits per heavy atom. The van der Waals surface area contributed by atoms with E-state index in [4.69, 9.17) is 5.10 Å². The van der Waals surface area contributed by atoms with Gasteiger partial charge in [0.1, 0.15) is 12.2 Å². The molecule has 0 aliphatic carbocycles. The van der Waals surface area contributed by atoms with Crippen molar-refractivity contribution in [2.45, 2.75) is 6.54 Å². The number of hydrogen-bond donors (Lipinski definition) is 1. The molecular weight excluding hydrogens is 234 g/mol. The third-order valence-corrected chi connectivity index (χ3v) is 3.13. The van der Waals surface area contributed by atoms with Crippen LogP contribution in [-0.2, 0) is 6.54 Å². The van der Waals surface area contributed by atoms with Gasteiger partial charge in [0.05, 0.1) is 11.3 Å². The van der Waals surface area contributed by atoms with Crippen LogP contribution >= 0.6 is 0 Å². The number of rotatable bonds is 3. The first-order chi connectivity index (χ1) is 9.38. The molecule has 1 aromatic heterocycles. The first-order valence-electron chi connectivity index (χ1n) is 6.37. The summed E-state index contributed by atoms with van der Waals surface area (Å²) in [5.41, 5.74) is 8.38. The highest BCUT2D eigenvalue weighted by Gasteiger charge is 2.11. The van der Waals surface area contributed by atoms with Crippen LogP contribution in [-0.4, -0.2) is 9.78 Å². The Morgan fingerprint density at radius 3 is 2.16 bits per heavy atom. The molecule has 0 unspecified atom stereocenters. The summed E-state index contributed by atoms with van der Waals surface area (Å²) in [4.78, 5) is 0. The van der Waals surface area contributed by atoms with Gasteiger partial charge in [-0.1, -0.05) is 48.5 Å². The average Bonchev–Trinajstić information content (AvgIpc) is 2.93. The van der Waals surface area contributed by atoms with Crippen molar-refractivity contribution in [1.29, 1.82) is 0 Å². The van der Waals surface area contributed by atoms with E-state index in [0.717, 1.165) is 29.1 Å². The molecule has 2 aromatic carbocycles. The molecule has 0 saturated carbocycles. The van der Waals surface area contributed by atoms with Crippen LogP contribution in [0.15, 0.2) is 66.9 Å². The van der Waals surface area contributed by atoms with Gasteiger partial charge in [-0.05, 0) is 12.1 Å². The Hall–Kier alpha value is -2.39. The van der Waals surface area contributed by atoms with E-state index in [-0.39, 0.29) is 0 Å². The normalized spacial score (nSPS) is 10.6. The molecule has 3 rings (SSSR count). The summed E-state index contributed by atoms with van der Waals surface area (Å²) in [5, 5.41) is 4.70. The van der Waals surface area contributed by atoms with Gasteiger partial charge in [0.15, 0.2) is 0 Å². The fraction of sp³-hybridized carbons (Fsp3) is 0.0625. The molecule has 19 heavy (non-hydrogen) atoms. The number of para-hydroxylation sites is 1. The minimum atomic E-state index is 0.733. The lowest BCUT2D eigenvalue weighted by atomic mass is 10.1. The maximum absolute atomic E-state index is 4.70. The number of aromatic nitrogens is 2. The van der Waals surface area contributed by atoms with Crippen LogP contribution in [0.4, 0.5) is 0 Å². The molecule has 0 fully saturated rings. The summed E-state index contributed by atoms with van der Waals surface area (Å²) in [7, 11) is 0. The molecule has 0 saturated heterocycles. The van der Waals surface area contributed by atoms with Crippen molar-refractivity contribution in [3.63, 3.8) is 0 Å². The van der Waals surface area contributed by atoms with Gasteiger partial charge in [0.2, 0.25) is 0 Å². The van der Waals surface area contributed by atoms with Gasteiger partial charge >= 0.3 is 0 Å². The highest BCUT2D eigenvalue weighted by atomic mass is 15.3. The fourth-order valence-electron chi connectivity index (χ4n) is 2.14. The highest BCUT2D eigenvalue weighted by molar-refractivity contribution is 5.62. The maximum atomic E-state index is 4.70. The van der Waals surface area contributed by atoms with Crippen molar-refractivity contribution in [3.8, 4) is 16.9 Å². The van der Waals surface area contributed by atoms with Crippen LogP contribution in [0.3, 0.4) is 0 Å². The van der Waals surface area contributed by atoms with Gasteiger partial charge in [0.25, 0.3) is 0 Å². The lowest BCUT2D eigenvalue weighted by Crippen LogP contribution is -2.47. The first-order valence-corrected chi connectivity index (χ1v) is 6.37. The van der Waals surface area contributed by atoms with Crippen molar-refractivity contribution in [3.05, 3.63) is 72.4 Å². The lowest BCUT2D eigenvalue weighted by Gasteiger charge is -2.00. The van der Waals surface area contributed by atoms with Crippen molar-refractivity contribution < 1.29 is 5.73 Å². The Labute approximate surface area is 112 Å². The van der Waals surface area contributed by atoms with Crippen LogP contribution in [0.5, 0.6) is 0 Å². The minimum absolute atomic E-state index is 0.733. The molecule has 0 spiro atoms. The van der Waals surface area contributed by atoms with Crippen LogP contribution in [0.2, 0.25) is 0 Å². The predicted octanol–water partition coefficient (Wildman–Crippen LogP) is 2.28. The standard InChI is InChI=1S/C16H15N3/c17-11-14-12-19(15-9-5-2-6-10-15)18-16(14)13-7-3-1-4-8-13/h1-10,12H,11,17H2/p+1. The molecule has 94 valence electrons. The number of nitrogens with zero attached hydrogens (tertiary/aromatic N) is 2. The zero-order chi connectivity index (χ0) is 13.1. The zero-order valence-electron chi connectivity index (χ0n) is 10.7. The van der Waals surface area contributed by atoms with E-state index < -0.39 is 0 Å². The number of hydrogen-bond acceptors (Lipinski definition) is 1. The Balaban J connectivity index is 2.09. The van der Waals surface area contributed by atoms with E-state index in [9.17, 15) is 0 Å². The molecule has 1 heterocycles. The van der Waals surface area contributed by atoms with Gasteiger partial charge < -0.3 is 5.73 Å². The molecule has 3 N–H and O–H groups in total. The van der Waals surface area contributed by atoms with E-state index in [2.05, 4.69) is 36.2 Å². The predicted molar refractivity (Wildman–Crippen MR) is 75.6 cm³/mol. The summed E-state index contributed by atoms with van der Waals surface area (Å²) in [5.74, 6) is 0. The minimum Gasteiger partial charge on any atom is -0.354 e. The first kappa shape index (κ1) is 11.7. The summed E-state index contributed by atoms with van der Waals surface area (Å²) in [6.07, 6.45) is 2.06. The van der Waals surface area contributed by atoms with Crippen LogP contribution in [0.25, 0.3) is 16.9 Å². The van der Waals surface area contributed by atoms with Crippen LogP contribution < -0.4 is 5.73 Å². The second-order valence-electron chi connectivity index (χ2n) is 4.40. The highest BCUT2D eigenvalue weighted by Crippen LogP contribution is 2.22. The zero-order valence-corrected chi connectivity index (χ0v) is 10.7. The second kappa shape index (κ2) is 5.08. The monoisotopic (exact) mass is 250 g/mol. The Kier molecular flexibility index (Phi) is 3.12. The summed E-state index contributed by atoms with van der Waals surface area (Å²) < 4.78 is 1.92. The third kappa shape index (κ3) is 2.28. The van der Waals surface area contributed by atoms with Gasteiger partial charge in [-0.15, -0.1) is 0 Å². The van der Waals surface area contributed by atoms with Crippen LogP contribution in [0.1, 0.15) is 5.56 Å². The van der Waals surface area contributed by atoms with E-state index >= 15 is 0 Å². The molecule has 0 atom stereocenters. The topological polar surface area (TPSA) is 45.5 Å². The summed E-state index contributed by atoms with van der Waals surface area (Å²) in [6.45, 7) is 0.733. The number of benzene rings is 2. The van der Waals surface area contributed by atoms with Crippen molar-refractivity contribution in [2.24, 2.45) is 0 Å². The van der Waals surface area contributed by atoms with E-state index in [1.165, 1.54) is 0 Å². The number of quaternary nitrogens is 1. The molecule has 3 nitrogen and oxygen atoms in total. The SMILES string of the molecule is [NH3+]Cc1cn(-c2ccccc2)nc1-c1ccccc1. The quantitative estimate of drug-likeness (QED) is 0.761. The van der Waals surface area contributed by atoms with Crippen molar-refractivity contribution in [1.82, 2.24) is 9.78 Å².